The van der Waals surface area contributed by atoms with Crippen molar-refractivity contribution in [3.05, 3.63) is 54.2 Å². The van der Waals surface area contributed by atoms with Crippen LogP contribution in [0.15, 0.2) is 53.6 Å². The van der Waals surface area contributed by atoms with Crippen molar-refractivity contribution in [1.82, 2.24) is 14.7 Å². The molecule has 7 nitrogen and oxygen atoms in total. The molecule has 3 aromatic rings. The van der Waals surface area contributed by atoms with Gasteiger partial charge in [-0.3, -0.25) is 13.8 Å². The number of nitrogens with zero attached hydrogens (tertiary/aromatic N) is 4. The Kier molecular flexibility index (Phi) is 6.47. The third kappa shape index (κ3) is 4.90. The van der Waals surface area contributed by atoms with Crippen LogP contribution in [0.3, 0.4) is 0 Å². The van der Waals surface area contributed by atoms with Gasteiger partial charge in [0, 0.05) is 50.6 Å². The van der Waals surface area contributed by atoms with Crippen LogP contribution in [0.2, 0.25) is 0 Å². The summed E-state index contributed by atoms with van der Waals surface area (Å²) < 4.78 is 30.7. The van der Waals surface area contributed by atoms with Crippen molar-refractivity contribution >= 4 is 32.5 Å². The smallest absolute Gasteiger partial charge is 0.264 e. The number of amides is 1. The van der Waals surface area contributed by atoms with E-state index in [9.17, 15) is 13.2 Å². The van der Waals surface area contributed by atoms with E-state index < -0.39 is 10.0 Å². The van der Waals surface area contributed by atoms with Gasteiger partial charge in [-0.05, 0) is 48.2 Å². The van der Waals surface area contributed by atoms with Crippen LogP contribution in [0.1, 0.15) is 33.3 Å². The molecule has 0 unspecified atom stereocenters. The molecular formula is C25H32N4O3S. The number of sulfonamides is 1. The third-order valence-corrected chi connectivity index (χ3v) is 7.91. The van der Waals surface area contributed by atoms with Crippen LogP contribution in [0.5, 0.6) is 0 Å². The number of hydrogen-bond donors (Lipinski definition) is 0. The highest BCUT2D eigenvalue weighted by Gasteiger charge is 2.29. The van der Waals surface area contributed by atoms with Crippen molar-refractivity contribution in [2.75, 3.05) is 23.9 Å². The Morgan fingerprint density at radius 3 is 2.45 bits per heavy atom. The highest BCUT2D eigenvalue weighted by molar-refractivity contribution is 7.92. The standard InChI is InChI=1S/C25H32N4O3S/c1-5-20-6-8-23(9-7-20)29(13-18(2)3)33(31,32)24-10-11-25-22(12-24)17-28(26-25)16-21-14-27(15-21)19(4)30/h6-12,17-18,21H,5,13-16H2,1-4H3. The first-order valence-corrected chi connectivity index (χ1v) is 13.0. The summed E-state index contributed by atoms with van der Waals surface area (Å²) in [5.74, 6) is 0.648. The van der Waals surface area contributed by atoms with Crippen LogP contribution in [0, 0.1) is 11.8 Å². The average molecular weight is 469 g/mol. The predicted octanol–water partition coefficient (Wildman–Crippen LogP) is 3.93. The summed E-state index contributed by atoms with van der Waals surface area (Å²) in [4.78, 5) is 13.5. The summed E-state index contributed by atoms with van der Waals surface area (Å²) >= 11 is 0. The van der Waals surface area contributed by atoms with Gasteiger partial charge < -0.3 is 4.90 Å². The molecule has 0 atom stereocenters. The SMILES string of the molecule is CCc1ccc(N(CC(C)C)S(=O)(=O)c2ccc3nn(CC4CN(C(C)=O)C4)cc3c2)cc1. The highest BCUT2D eigenvalue weighted by atomic mass is 32.2. The first kappa shape index (κ1) is 23.3. The van der Waals surface area contributed by atoms with Gasteiger partial charge in [-0.25, -0.2) is 8.42 Å². The molecule has 2 heterocycles. The summed E-state index contributed by atoms with van der Waals surface area (Å²) in [6.45, 7) is 10.3. The maximum absolute atomic E-state index is 13.7. The summed E-state index contributed by atoms with van der Waals surface area (Å²) in [6, 6.07) is 12.9. The minimum Gasteiger partial charge on any atom is -0.342 e. The molecule has 0 saturated carbocycles. The number of benzene rings is 2. The predicted molar refractivity (Wildman–Crippen MR) is 131 cm³/mol. The van der Waals surface area contributed by atoms with Gasteiger partial charge in [0.1, 0.15) is 0 Å². The molecule has 1 saturated heterocycles. The number of rotatable bonds is 8. The molecule has 0 aliphatic carbocycles. The van der Waals surface area contributed by atoms with Crippen LogP contribution < -0.4 is 4.31 Å². The van der Waals surface area contributed by atoms with E-state index in [-0.39, 0.29) is 16.7 Å². The summed E-state index contributed by atoms with van der Waals surface area (Å²) in [5.41, 5.74) is 2.61. The topological polar surface area (TPSA) is 75.5 Å². The van der Waals surface area contributed by atoms with Gasteiger partial charge in [0.2, 0.25) is 5.91 Å². The Morgan fingerprint density at radius 1 is 1.15 bits per heavy atom. The Bertz CT molecular complexity index is 1240. The van der Waals surface area contributed by atoms with E-state index in [4.69, 9.17) is 0 Å². The zero-order valence-electron chi connectivity index (χ0n) is 19.7. The molecule has 33 heavy (non-hydrogen) atoms. The number of carbonyl (C=O) groups excluding carboxylic acids is 1. The fraction of sp³-hybridized carbons (Fsp3) is 0.440. The number of aromatic nitrogens is 2. The second-order valence-electron chi connectivity index (χ2n) is 9.31. The van der Waals surface area contributed by atoms with Crippen molar-refractivity contribution in [1.29, 1.82) is 0 Å². The second kappa shape index (κ2) is 9.17. The normalized spacial score (nSPS) is 14.6. The van der Waals surface area contributed by atoms with E-state index in [1.54, 1.807) is 25.1 Å². The lowest BCUT2D eigenvalue weighted by Crippen LogP contribution is -2.50. The molecule has 0 N–H and O–H groups in total. The molecule has 1 aliphatic heterocycles. The molecule has 176 valence electrons. The van der Waals surface area contributed by atoms with Gasteiger partial charge >= 0.3 is 0 Å². The monoisotopic (exact) mass is 468 g/mol. The van der Waals surface area contributed by atoms with E-state index in [2.05, 4.69) is 12.0 Å². The third-order valence-electron chi connectivity index (χ3n) is 6.12. The molecule has 1 fully saturated rings. The van der Waals surface area contributed by atoms with Crippen molar-refractivity contribution in [2.45, 2.75) is 45.6 Å². The number of fused-ring (bicyclic) bond motifs is 1. The van der Waals surface area contributed by atoms with E-state index in [0.29, 0.717) is 24.7 Å². The Balaban J connectivity index is 1.60. The Labute approximate surface area is 196 Å². The zero-order valence-corrected chi connectivity index (χ0v) is 20.5. The molecule has 1 aromatic heterocycles. The molecule has 0 radical (unpaired) electrons. The maximum Gasteiger partial charge on any atom is 0.264 e. The molecule has 4 rings (SSSR count). The quantitative estimate of drug-likeness (QED) is 0.502. The number of anilines is 1. The number of aryl methyl sites for hydroxylation is 1. The van der Waals surface area contributed by atoms with Crippen LogP contribution in [0.25, 0.3) is 10.9 Å². The molecule has 0 spiro atoms. The van der Waals surface area contributed by atoms with Crippen LogP contribution >= 0.6 is 0 Å². The van der Waals surface area contributed by atoms with Gasteiger partial charge in [0.05, 0.1) is 16.1 Å². The second-order valence-corrected chi connectivity index (χ2v) is 11.2. The molecular weight excluding hydrogens is 436 g/mol. The highest BCUT2D eigenvalue weighted by Crippen LogP contribution is 2.28. The number of hydrogen-bond acceptors (Lipinski definition) is 4. The van der Waals surface area contributed by atoms with Crippen molar-refractivity contribution < 1.29 is 13.2 Å². The first-order valence-electron chi connectivity index (χ1n) is 11.5. The summed E-state index contributed by atoms with van der Waals surface area (Å²) in [6.07, 6.45) is 2.80. The first-order chi connectivity index (χ1) is 15.7. The lowest BCUT2D eigenvalue weighted by Gasteiger charge is -2.38. The van der Waals surface area contributed by atoms with Gasteiger partial charge in [0.15, 0.2) is 0 Å². The summed E-state index contributed by atoms with van der Waals surface area (Å²) in [7, 11) is -3.73. The van der Waals surface area contributed by atoms with Crippen molar-refractivity contribution in [2.24, 2.45) is 11.8 Å². The largest absolute Gasteiger partial charge is 0.342 e. The lowest BCUT2D eigenvalue weighted by atomic mass is 10.0. The van der Waals surface area contributed by atoms with Crippen molar-refractivity contribution in [3.8, 4) is 0 Å². The molecule has 1 amide bonds. The van der Waals surface area contributed by atoms with Gasteiger partial charge in [0.25, 0.3) is 10.0 Å². The van der Waals surface area contributed by atoms with E-state index in [1.165, 1.54) is 9.87 Å². The molecule has 8 heteroatoms. The van der Waals surface area contributed by atoms with Crippen LogP contribution in [0.4, 0.5) is 5.69 Å². The van der Waals surface area contributed by atoms with Gasteiger partial charge in [-0.15, -0.1) is 0 Å². The van der Waals surface area contributed by atoms with E-state index in [0.717, 1.165) is 30.4 Å². The Hall–Kier alpha value is -2.87. The minimum atomic E-state index is -3.73. The fourth-order valence-corrected chi connectivity index (χ4v) is 5.88. The molecule has 2 aromatic carbocycles. The van der Waals surface area contributed by atoms with Gasteiger partial charge in [-0.1, -0.05) is 32.9 Å². The van der Waals surface area contributed by atoms with Crippen molar-refractivity contribution in [3.63, 3.8) is 0 Å². The number of likely N-dealkylation sites (tertiary alicyclic amines) is 1. The minimum absolute atomic E-state index is 0.0991. The van der Waals surface area contributed by atoms with Gasteiger partial charge in [-0.2, -0.15) is 5.10 Å². The lowest BCUT2D eigenvalue weighted by molar-refractivity contribution is -0.135. The molecule has 0 bridgehead atoms. The summed E-state index contributed by atoms with van der Waals surface area (Å²) in [5, 5.41) is 5.40. The maximum atomic E-state index is 13.7. The van der Waals surface area contributed by atoms with Crippen LogP contribution in [-0.2, 0) is 27.8 Å². The Morgan fingerprint density at radius 2 is 1.85 bits per heavy atom. The van der Waals surface area contributed by atoms with E-state index >= 15 is 0 Å². The average Bonchev–Trinajstić information content (AvgIpc) is 3.15. The van der Waals surface area contributed by atoms with E-state index in [1.807, 2.05) is 53.9 Å². The number of carbonyl (C=O) groups is 1. The molecule has 1 aliphatic rings. The zero-order chi connectivity index (χ0) is 23.8. The van der Waals surface area contributed by atoms with Crippen LogP contribution in [-0.4, -0.2) is 48.6 Å². The fourth-order valence-electron chi connectivity index (χ4n) is 4.21.